The molecule has 122 valence electrons. The molecule has 1 saturated carbocycles. The fraction of sp³-hybridized carbons (Fsp3) is 0.938. The maximum absolute atomic E-state index is 12.1. The molecule has 1 saturated heterocycles. The molecule has 2 aliphatic rings. The van der Waals surface area contributed by atoms with Crippen molar-refractivity contribution in [3.8, 4) is 0 Å². The maximum Gasteiger partial charge on any atom is 0.410 e. The third-order valence-electron chi connectivity index (χ3n) is 4.82. The lowest BCUT2D eigenvalue weighted by Crippen LogP contribution is -2.61. The van der Waals surface area contributed by atoms with Gasteiger partial charge < -0.3 is 19.8 Å². The molecule has 0 aromatic carbocycles. The Bertz CT molecular complexity index is 418. The van der Waals surface area contributed by atoms with Gasteiger partial charge in [0.1, 0.15) is 5.60 Å². The number of rotatable bonds is 2. The molecular formula is C16H29NO4. The zero-order valence-corrected chi connectivity index (χ0v) is 13.9. The van der Waals surface area contributed by atoms with E-state index in [1.165, 1.54) is 0 Å². The van der Waals surface area contributed by atoms with Gasteiger partial charge in [-0.25, -0.2) is 4.79 Å². The molecule has 1 heterocycles. The van der Waals surface area contributed by atoms with Crippen LogP contribution in [0.25, 0.3) is 0 Å². The number of hydrogen-bond acceptors (Lipinski definition) is 4. The van der Waals surface area contributed by atoms with Crippen LogP contribution in [0.3, 0.4) is 0 Å². The Morgan fingerprint density at radius 3 is 2.29 bits per heavy atom. The summed E-state index contributed by atoms with van der Waals surface area (Å²) in [5, 5.41) is 20.8. The summed E-state index contributed by atoms with van der Waals surface area (Å²) in [6.07, 6.45) is 1.69. The van der Waals surface area contributed by atoms with Gasteiger partial charge in [-0.15, -0.1) is 0 Å². The molecule has 0 radical (unpaired) electrons. The summed E-state index contributed by atoms with van der Waals surface area (Å²) >= 11 is 0. The molecular weight excluding hydrogens is 270 g/mol. The van der Waals surface area contributed by atoms with E-state index in [1.807, 2.05) is 20.8 Å². The second kappa shape index (κ2) is 4.85. The molecule has 21 heavy (non-hydrogen) atoms. The molecule has 1 atom stereocenters. The van der Waals surface area contributed by atoms with Crippen LogP contribution in [0.15, 0.2) is 0 Å². The largest absolute Gasteiger partial charge is 0.444 e. The average molecular weight is 299 g/mol. The van der Waals surface area contributed by atoms with Gasteiger partial charge in [-0.1, -0.05) is 13.8 Å². The molecule has 2 N–H and O–H groups in total. The number of nitrogens with zero attached hydrogens (tertiary/aromatic N) is 1. The lowest BCUT2D eigenvalue weighted by Gasteiger charge is -2.59. The molecule has 1 amide bonds. The minimum Gasteiger partial charge on any atom is -0.444 e. The molecule has 2 fully saturated rings. The number of aliphatic hydroxyl groups is 2. The van der Waals surface area contributed by atoms with E-state index in [0.29, 0.717) is 13.0 Å². The highest BCUT2D eigenvalue weighted by molar-refractivity contribution is 5.68. The van der Waals surface area contributed by atoms with Crippen molar-refractivity contribution < 1.29 is 19.7 Å². The standard InChI is InChI=1S/C16H29NO4/c1-13(2,3)21-12(19)17-7-6-16(20,10-17)15(11-18)8-14(4,5)9-15/h18,20H,6-11H2,1-5H3. The Kier molecular flexibility index (Phi) is 3.82. The zero-order chi connectivity index (χ0) is 16.1. The maximum atomic E-state index is 12.1. The highest BCUT2D eigenvalue weighted by Crippen LogP contribution is 2.61. The first-order chi connectivity index (χ1) is 9.42. The van der Waals surface area contributed by atoms with Crippen LogP contribution in [-0.4, -0.2) is 52.1 Å². The predicted octanol–water partition coefficient (Wildman–Crippen LogP) is 2.16. The summed E-state index contributed by atoms with van der Waals surface area (Å²) in [5.41, 5.74) is -1.87. The van der Waals surface area contributed by atoms with E-state index in [1.54, 1.807) is 4.90 Å². The van der Waals surface area contributed by atoms with Crippen molar-refractivity contribution in [2.24, 2.45) is 10.8 Å². The van der Waals surface area contributed by atoms with E-state index < -0.39 is 16.6 Å². The van der Waals surface area contributed by atoms with E-state index in [4.69, 9.17) is 4.74 Å². The molecule has 1 aliphatic carbocycles. The van der Waals surface area contributed by atoms with E-state index in [2.05, 4.69) is 13.8 Å². The lowest BCUT2D eigenvalue weighted by molar-refractivity contribution is -0.189. The number of ether oxygens (including phenoxy) is 1. The summed E-state index contributed by atoms with van der Waals surface area (Å²) < 4.78 is 5.37. The van der Waals surface area contributed by atoms with E-state index in [0.717, 1.165) is 12.8 Å². The van der Waals surface area contributed by atoms with Gasteiger partial charge in [0.05, 0.1) is 18.8 Å². The van der Waals surface area contributed by atoms with Gasteiger partial charge in [0, 0.05) is 12.0 Å². The number of amides is 1. The van der Waals surface area contributed by atoms with Crippen LogP contribution < -0.4 is 0 Å². The summed E-state index contributed by atoms with van der Waals surface area (Å²) in [6, 6.07) is 0. The van der Waals surface area contributed by atoms with Crippen LogP contribution in [0.5, 0.6) is 0 Å². The van der Waals surface area contributed by atoms with Crippen LogP contribution in [-0.2, 0) is 4.74 Å². The predicted molar refractivity (Wildman–Crippen MR) is 79.9 cm³/mol. The van der Waals surface area contributed by atoms with Crippen LogP contribution >= 0.6 is 0 Å². The third-order valence-corrected chi connectivity index (χ3v) is 4.82. The summed E-state index contributed by atoms with van der Waals surface area (Å²) in [7, 11) is 0. The smallest absolute Gasteiger partial charge is 0.410 e. The first-order valence-corrected chi connectivity index (χ1v) is 7.73. The van der Waals surface area contributed by atoms with Crippen molar-refractivity contribution in [3.05, 3.63) is 0 Å². The number of carbonyl (C=O) groups is 1. The monoisotopic (exact) mass is 299 g/mol. The van der Waals surface area contributed by atoms with Crippen molar-refractivity contribution in [2.45, 2.75) is 65.1 Å². The first kappa shape index (κ1) is 16.6. The Balaban J connectivity index is 2.05. The molecule has 2 rings (SSSR count). The second-order valence-corrected chi connectivity index (χ2v) is 8.64. The normalized spacial score (nSPS) is 30.9. The summed E-state index contributed by atoms with van der Waals surface area (Å²) in [6.45, 7) is 10.5. The van der Waals surface area contributed by atoms with Crippen LogP contribution in [0.2, 0.25) is 0 Å². The van der Waals surface area contributed by atoms with Gasteiger partial charge in [-0.05, 0) is 45.4 Å². The molecule has 0 aromatic rings. The molecule has 1 unspecified atom stereocenters. The van der Waals surface area contributed by atoms with Crippen molar-refractivity contribution in [2.75, 3.05) is 19.7 Å². The molecule has 5 heteroatoms. The Labute approximate surface area is 127 Å². The first-order valence-electron chi connectivity index (χ1n) is 7.73. The van der Waals surface area contributed by atoms with Crippen molar-refractivity contribution >= 4 is 6.09 Å². The van der Waals surface area contributed by atoms with Crippen LogP contribution in [0.4, 0.5) is 4.79 Å². The topological polar surface area (TPSA) is 70.0 Å². The van der Waals surface area contributed by atoms with Gasteiger partial charge in [-0.3, -0.25) is 0 Å². The fourth-order valence-corrected chi connectivity index (χ4v) is 4.08. The molecule has 0 spiro atoms. The van der Waals surface area contributed by atoms with Crippen molar-refractivity contribution in [1.29, 1.82) is 0 Å². The Morgan fingerprint density at radius 1 is 1.29 bits per heavy atom. The lowest BCUT2D eigenvalue weighted by atomic mass is 9.48. The van der Waals surface area contributed by atoms with E-state index >= 15 is 0 Å². The van der Waals surface area contributed by atoms with E-state index in [-0.39, 0.29) is 24.7 Å². The third kappa shape index (κ3) is 3.04. The zero-order valence-electron chi connectivity index (χ0n) is 13.9. The number of β-amino-alcohol motifs (C(OH)–C–C–N with tert-alkyl or cyclic N) is 1. The van der Waals surface area contributed by atoms with E-state index in [9.17, 15) is 15.0 Å². The van der Waals surface area contributed by atoms with Gasteiger partial charge in [0.15, 0.2) is 0 Å². The molecule has 5 nitrogen and oxygen atoms in total. The van der Waals surface area contributed by atoms with Gasteiger partial charge in [0.2, 0.25) is 0 Å². The van der Waals surface area contributed by atoms with Crippen LogP contribution in [0, 0.1) is 10.8 Å². The molecule has 0 aromatic heterocycles. The molecule has 1 aliphatic heterocycles. The molecule has 0 bridgehead atoms. The van der Waals surface area contributed by atoms with Gasteiger partial charge in [0.25, 0.3) is 0 Å². The van der Waals surface area contributed by atoms with Crippen molar-refractivity contribution in [3.63, 3.8) is 0 Å². The average Bonchev–Trinajstić information content (AvgIpc) is 2.67. The van der Waals surface area contributed by atoms with Crippen molar-refractivity contribution in [1.82, 2.24) is 4.90 Å². The van der Waals surface area contributed by atoms with Gasteiger partial charge in [-0.2, -0.15) is 0 Å². The van der Waals surface area contributed by atoms with Gasteiger partial charge >= 0.3 is 6.09 Å². The fourth-order valence-electron chi connectivity index (χ4n) is 4.08. The number of carbonyl (C=O) groups excluding carboxylic acids is 1. The quantitative estimate of drug-likeness (QED) is 0.820. The SMILES string of the molecule is CC1(C)CC(CO)(C2(O)CCN(C(=O)OC(C)(C)C)C2)C1. The number of likely N-dealkylation sites (tertiary alicyclic amines) is 1. The minimum absolute atomic E-state index is 0.0327. The minimum atomic E-state index is -1.01. The summed E-state index contributed by atoms with van der Waals surface area (Å²) in [4.78, 5) is 13.7. The second-order valence-electron chi connectivity index (χ2n) is 8.64. The summed E-state index contributed by atoms with van der Waals surface area (Å²) in [5.74, 6) is 0. The number of hydrogen-bond donors (Lipinski definition) is 2. The Morgan fingerprint density at radius 2 is 1.86 bits per heavy atom. The Hall–Kier alpha value is -0.810. The highest BCUT2D eigenvalue weighted by atomic mass is 16.6. The van der Waals surface area contributed by atoms with Crippen LogP contribution in [0.1, 0.15) is 53.9 Å². The highest BCUT2D eigenvalue weighted by Gasteiger charge is 2.62. The number of aliphatic hydroxyl groups excluding tert-OH is 1.